The first kappa shape index (κ1) is 16.0. The van der Waals surface area contributed by atoms with Crippen LogP contribution >= 0.6 is 0 Å². The first-order valence-electron chi connectivity index (χ1n) is 8.77. The SMILES string of the molecule is Cc1ccc([C@H](NC(=O)CCCNC(=O)C2CC2)C2CC2)cc1. The molecule has 2 amide bonds. The number of amides is 2. The van der Waals surface area contributed by atoms with Crippen LogP contribution in [-0.4, -0.2) is 18.4 Å². The van der Waals surface area contributed by atoms with E-state index in [1.54, 1.807) is 0 Å². The van der Waals surface area contributed by atoms with E-state index in [1.165, 1.54) is 24.0 Å². The van der Waals surface area contributed by atoms with E-state index in [9.17, 15) is 9.59 Å². The fourth-order valence-electron chi connectivity index (χ4n) is 2.87. The van der Waals surface area contributed by atoms with Crippen LogP contribution in [0.25, 0.3) is 0 Å². The Labute approximate surface area is 138 Å². The second-order valence-corrected chi connectivity index (χ2v) is 6.96. The van der Waals surface area contributed by atoms with Crippen molar-refractivity contribution in [3.63, 3.8) is 0 Å². The molecule has 0 saturated heterocycles. The number of carbonyl (C=O) groups excluding carboxylic acids is 2. The first-order valence-corrected chi connectivity index (χ1v) is 8.77. The summed E-state index contributed by atoms with van der Waals surface area (Å²) < 4.78 is 0. The third-order valence-electron chi connectivity index (χ3n) is 4.67. The fraction of sp³-hybridized carbons (Fsp3) is 0.579. The molecular weight excluding hydrogens is 288 g/mol. The molecule has 23 heavy (non-hydrogen) atoms. The average Bonchev–Trinajstić information content (AvgIpc) is 3.41. The van der Waals surface area contributed by atoms with Gasteiger partial charge in [0, 0.05) is 18.9 Å². The topological polar surface area (TPSA) is 58.2 Å². The van der Waals surface area contributed by atoms with Gasteiger partial charge in [-0.05, 0) is 50.5 Å². The summed E-state index contributed by atoms with van der Waals surface area (Å²) in [7, 11) is 0. The molecule has 1 aromatic rings. The van der Waals surface area contributed by atoms with Crippen LogP contribution in [0, 0.1) is 18.8 Å². The monoisotopic (exact) mass is 314 g/mol. The molecular formula is C19H26N2O2. The summed E-state index contributed by atoms with van der Waals surface area (Å²) in [5, 5.41) is 6.09. The lowest BCUT2D eigenvalue weighted by molar-refractivity contribution is -0.124. The van der Waals surface area contributed by atoms with E-state index < -0.39 is 0 Å². The van der Waals surface area contributed by atoms with E-state index in [2.05, 4.69) is 41.8 Å². The smallest absolute Gasteiger partial charge is 0.223 e. The molecule has 2 N–H and O–H groups in total. The highest BCUT2D eigenvalue weighted by molar-refractivity contribution is 5.81. The van der Waals surface area contributed by atoms with Gasteiger partial charge in [-0.1, -0.05) is 29.8 Å². The second-order valence-electron chi connectivity index (χ2n) is 6.96. The molecule has 4 nitrogen and oxygen atoms in total. The average molecular weight is 314 g/mol. The number of benzene rings is 1. The normalized spacial score (nSPS) is 18.3. The van der Waals surface area contributed by atoms with Crippen molar-refractivity contribution in [2.75, 3.05) is 6.54 Å². The third kappa shape index (κ3) is 4.81. The van der Waals surface area contributed by atoms with Gasteiger partial charge in [0.2, 0.25) is 11.8 Å². The van der Waals surface area contributed by atoms with Crippen molar-refractivity contribution in [2.24, 2.45) is 11.8 Å². The highest BCUT2D eigenvalue weighted by atomic mass is 16.2. The van der Waals surface area contributed by atoms with Crippen molar-refractivity contribution in [1.29, 1.82) is 0 Å². The van der Waals surface area contributed by atoms with E-state index >= 15 is 0 Å². The van der Waals surface area contributed by atoms with Crippen LogP contribution in [0.1, 0.15) is 55.7 Å². The third-order valence-corrected chi connectivity index (χ3v) is 4.67. The minimum absolute atomic E-state index is 0.0862. The Morgan fingerprint density at radius 1 is 1.13 bits per heavy atom. The van der Waals surface area contributed by atoms with Crippen molar-refractivity contribution in [3.05, 3.63) is 35.4 Å². The minimum Gasteiger partial charge on any atom is -0.356 e. The van der Waals surface area contributed by atoms with E-state index in [4.69, 9.17) is 0 Å². The van der Waals surface area contributed by atoms with E-state index in [0.29, 0.717) is 25.3 Å². The molecule has 0 unspecified atom stereocenters. The quantitative estimate of drug-likeness (QED) is 0.725. The van der Waals surface area contributed by atoms with Crippen LogP contribution < -0.4 is 10.6 Å². The number of hydrogen-bond acceptors (Lipinski definition) is 2. The molecule has 4 heteroatoms. The van der Waals surface area contributed by atoms with Gasteiger partial charge < -0.3 is 10.6 Å². The molecule has 0 bridgehead atoms. The van der Waals surface area contributed by atoms with Crippen molar-refractivity contribution >= 4 is 11.8 Å². The summed E-state index contributed by atoms with van der Waals surface area (Å²) in [4.78, 5) is 23.7. The van der Waals surface area contributed by atoms with Crippen LogP contribution in [0.15, 0.2) is 24.3 Å². The summed E-state index contributed by atoms with van der Waals surface area (Å²) in [6.45, 7) is 2.67. The Kier molecular flexibility index (Phi) is 4.99. The second kappa shape index (κ2) is 7.16. The van der Waals surface area contributed by atoms with Gasteiger partial charge in [0.15, 0.2) is 0 Å². The molecule has 1 atom stereocenters. The number of carbonyl (C=O) groups is 2. The van der Waals surface area contributed by atoms with Crippen LogP contribution in [0.3, 0.4) is 0 Å². The lowest BCUT2D eigenvalue weighted by Crippen LogP contribution is -2.31. The summed E-state index contributed by atoms with van der Waals surface area (Å²) in [5.74, 6) is 1.06. The molecule has 0 radical (unpaired) electrons. The first-order chi connectivity index (χ1) is 11.1. The van der Waals surface area contributed by atoms with Crippen LogP contribution in [0.5, 0.6) is 0 Å². The largest absolute Gasteiger partial charge is 0.356 e. The van der Waals surface area contributed by atoms with E-state index in [1.807, 2.05) is 0 Å². The predicted molar refractivity (Wildman–Crippen MR) is 89.8 cm³/mol. The number of nitrogens with one attached hydrogen (secondary N) is 2. The Morgan fingerprint density at radius 3 is 2.43 bits per heavy atom. The van der Waals surface area contributed by atoms with Crippen molar-refractivity contribution < 1.29 is 9.59 Å². The molecule has 1 aromatic carbocycles. The Hall–Kier alpha value is -1.84. The molecule has 3 rings (SSSR count). The molecule has 2 fully saturated rings. The van der Waals surface area contributed by atoms with Crippen molar-refractivity contribution in [1.82, 2.24) is 10.6 Å². The molecule has 2 aliphatic carbocycles. The lowest BCUT2D eigenvalue weighted by Gasteiger charge is -2.19. The Balaban J connectivity index is 1.43. The standard InChI is InChI=1S/C19H26N2O2/c1-13-4-6-14(7-5-13)18(15-8-9-15)21-17(22)3-2-12-20-19(23)16-10-11-16/h4-7,15-16,18H,2-3,8-12H2,1H3,(H,20,23)(H,21,22)/t18-/m0/s1. The van der Waals surface area contributed by atoms with Crippen molar-refractivity contribution in [2.45, 2.75) is 51.5 Å². The highest BCUT2D eigenvalue weighted by Crippen LogP contribution is 2.41. The van der Waals surface area contributed by atoms with Crippen LogP contribution in [0.2, 0.25) is 0 Å². The van der Waals surface area contributed by atoms with Gasteiger partial charge in [-0.15, -0.1) is 0 Å². The molecule has 0 heterocycles. The van der Waals surface area contributed by atoms with Crippen LogP contribution in [-0.2, 0) is 9.59 Å². The maximum atomic E-state index is 12.2. The number of rotatable bonds is 8. The molecule has 0 spiro atoms. The summed E-state index contributed by atoms with van der Waals surface area (Å²) in [6.07, 6.45) is 5.60. The molecule has 0 aliphatic heterocycles. The molecule has 0 aromatic heterocycles. The maximum Gasteiger partial charge on any atom is 0.223 e. The van der Waals surface area contributed by atoms with Crippen molar-refractivity contribution in [3.8, 4) is 0 Å². The highest BCUT2D eigenvalue weighted by Gasteiger charge is 2.33. The van der Waals surface area contributed by atoms with E-state index in [-0.39, 0.29) is 23.8 Å². The number of aryl methyl sites for hydroxylation is 1. The van der Waals surface area contributed by atoms with Gasteiger partial charge in [0.1, 0.15) is 0 Å². The summed E-state index contributed by atoms with van der Waals surface area (Å²) in [6, 6.07) is 8.58. The maximum absolute atomic E-state index is 12.2. The van der Waals surface area contributed by atoms with Gasteiger partial charge >= 0.3 is 0 Å². The van der Waals surface area contributed by atoms with Gasteiger partial charge in [-0.3, -0.25) is 9.59 Å². The number of hydrogen-bond donors (Lipinski definition) is 2. The van der Waals surface area contributed by atoms with Gasteiger partial charge in [0.05, 0.1) is 6.04 Å². The zero-order valence-electron chi connectivity index (χ0n) is 13.8. The van der Waals surface area contributed by atoms with Gasteiger partial charge in [-0.2, -0.15) is 0 Å². The minimum atomic E-state index is 0.0862. The van der Waals surface area contributed by atoms with E-state index in [0.717, 1.165) is 12.8 Å². The Bertz CT molecular complexity index is 559. The van der Waals surface area contributed by atoms with Gasteiger partial charge in [-0.25, -0.2) is 0 Å². The molecule has 2 saturated carbocycles. The summed E-state index contributed by atoms with van der Waals surface area (Å²) in [5.41, 5.74) is 2.44. The molecule has 124 valence electrons. The van der Waals surface area contributed by atoms with Gasteiger partial charge in [0.25, 0.3) is 0 Å². The zero-order chi connectivity index (χ0) is 16.2. The summed E-state index contributed by atoms with van der Waals surface area (Å²) >= 11 is 0. The molecule has 2 aliphatic rings. The fourth-order valence-corrected chi connectivity index (χ4v) is 2.87. The zero-order valence-corrected chi connectivity index (χ0v) is 13.8. The predicted octanol–water partition coefficient (Wildman–Crippen LogP) is 2.87. The lowest BCUT2D eigenvalue weighted by atomic mass is 10.0. The van der Waals surface area contributed by atoms with Crippen LogP contribution in [0.4, 0.5) is 0 Å². The Morgan fingerprint density at radius 2 is 1.83 bits per heavy atom.